The Labute approximate surface area is 191 Å². The van der Waals surface area contributed by atoms with Gasteiger partial charge in [0, 0.05) is 29.3 Å². The highest BCUT2D eigenvalue weighted by Crippen LogP contribution is 2.43. The predicted octanol–water partition coefficient (Wildman–Crippen LogP) is 5.37. The van der Waals surface area contributed by atoms with Gasteiger partial charge in [0.2, 0.25) is 11.7 Å². The van der Waals surface area contributed by atoms with Crippen LogP contribution in [0.5, 0.6) is 11.5 Å². The number of aromatic nitrogens is 2. The van der Waals surface area contributed by atoms with E-state index in [1.54, 1.807) is 19.2 Å². The van der Waals surface area contributed by atoms with E-state index in [-0.39, 0.29) is 24.0 Å². The van der Waals surface area contributed by atoms with Gasteiger partial charge in [-0.25, -0.2) is 0 Å². The molecule has 2 aliphatic rings. The fourth-order valence-electron chi connectivity index (χ4n) is 4.58. The van der Waals surface area contributed by atoms with Crippen LogP contribution in [0.1, 0.15) is 33.1 Å². The second-order valence-electron chi connectivity index (χ2n) is 8.49. The van der Waals surface area contributed by atoms with Crippen LogP contribution in [0.4, 0.5) is 5.69 Å². The Morgan fingerprint density at radius 2 is 2.00 bits per heavy atom. The summed E-state index contributed by atoms with van der Waals surface area (Å²) in [5, 5.41) is 4.59. The van der Waals surface area contributed by atoms with Crippen molar-refractivity contribution in [3.63, 3.8) is 0 Å². The average Bonchev–Trinajstić information content (AvgIpc) is 3.51. The highest BCUT2D eigenvalue weighted by molar-refractivity contribution is 6.32. The van der Waals surface area contributed by atoms with E-state index in [1.165, 1.54) is 0 Å². The van der Waals surface area contributed by atoms with Crippen molar-refractivity contribution in [2.75, 3.05) is 12.0 Å². The number of nitrogens with zero attached hydrogens (tertiary/aromatic N) is 3. The number of halogens is 1. The summed E-state index contributed by atoms with van der Waals surface area (Å²) < 4.78 is 16.8. The molecule has 1 saturated carbocycles. The predicted molar refractivity (Wildman–Crippen MR) is 121 cm³/mol. The van der Waals surface area contributed by atoms with E-state index in [4.69, 9.17) is 25.6 Å². The minimum absolute atomic E-state index is 0.0246. The lowest BCUT2D eigenvalue weighted by atomic mass is 10.1. The lowest BCUT2D eigenvalue weighted by Crippen LogP contribution is -2.36. The summed E-state index contributed by atoms with van der Waals surface area (Å²) in [6.45, 7) is 3.89. The number of rotatable bonds is 6. The number of hydrogen-bond acceptors (Lipinski definition) is 6. The van der Waals surface area contributed by atoms with Crippen molar-refractivity contribution in [3.8, 4) is 34.3 Å². The molecule has 3 aromatic rings. The molecule has 1 aliphatic carbocycles. The topological polar surface area (TPSA) is 77.7 Å². The second kappa shape index (κ2) is 8.13. The summed E-state index contributed by atoms with van der Waals surface area (Å²) >= 11 is 6.35. The van der Waals surface area contributed by atoms with Gasteiger partial charge in [0.25, 0.3) is 5.89 Å². The molecule has 2 bridgehead atoms. The number of fused-ring (bicyclic) bond motifs is 2. The normalized spacial score (nSPS) is 19.8. The van der Waals surface area contributed by atoms with Gasteiger partial charge in [-0.3, -0.25) is 4.79 Å². The van der Waals surface area contributed by atoms with Crippen LogP contribution in [-0.2, 0) is 4.79 Å². The molecule has 1 amide bonds. The Kier molecular flexibility index (Phi) is 5.29. The van der Waals surface area contributed by atoms with Crippen molar-refractivity contribution in [2.45, 2.75) is 45.3 Å². The molecule has 7 nitrogen and oxygen atoms in total. The molecular formula is C24H24ClN3O4. The first kappa shape index (κ1) is 20.8. The van der Waals surface area contributed by atoms with Crippen molar-refractivity contribution >= 4 is 23.2 Å². The van der Waals surface area contributed by atoms with Gasteiger partial charge in [-0.05, 0) is 63.4 Å². The highest BCUT2D eigenvalue weighted by atomic mass is 35.5. The molecular weight excluding hydrogens is 430 g/mol. The first-order valence-electron chi connectivity index (χ1n) is 10.8. The van der Waals surface area contributed by atoms with E-state index in [9.17, 15) is 4.79 Å². The van der Waals surface area contributed by atoms with E-state index in [2.05, 4.69) is 10.1 Å². The number of hydrogen-bond donors (Lipinski definition) is 0. The summed E-state index contributed by atoms with van der Waals surface area (Å²) in [6, 6.07) is 11.3. The number of carbonyl (C=O) groups is 1. The average molecular weight is 454 g/mol. The largest absolute Gasteiger partial charge is 0.496 e. The number of methoxy groups -OCH3 is 1. The molecule has 0 unspecified atom stereocenters. The SMILES string of the molecule is COc1cc(N2C(=O)[C@@H]3CC[C@H]2C3)ccc1-c1nc(-c2ccc(OC(C)C)c(Cl)c2)no1. The van der Waals surface area contributed by atoms with Gasteiger partial charge in [0.15, 0.2) is 0 Å². The molecule has 0 radical (unpaired) electrons. The number of amides is 1. The molecule has 166 valence electrons. The van der Waals surface area contributed by atoms with Crippen molar-refractivity contribution in [2.24, 2.45) is 5.92 Å². The maximum Gasteiger partial charge on any atom is 0.262 e. The Hall–Kier alpha value is -3.06. The second-order valence-corrected chi connectivity index (χ2v) is 8.90. The third-order valence-corrected chi connectivity index (χ3v) is 6.32. The van der Waals surface area contributed by atoms with Crippen LogP contribution in [-0.4, -0.2) is 35.3 Å². The standard InChI is InChI=1S/C24H24ClN3O4/c1-13(2)31-20-9-5-14(11-19(20)25)22-26-23(32-27-22)18-8-7-17(12-21(18)30-3)28-16-6-4-15(10-16)24(28)29/h5,7-9,11-13,15-16H,4,6,10H2,1-3H3/t15-,16+/m1/s1. The van der Waals surface area contributed by atoms with Crippen LogP contribution in [0, 0.1) is 5.92 Å². The van der Waals surface area contributed by atoms with Gasteiger partial charge in [-0.1, -0.05) is 16.8 Å². The summed E-state index contributed by atoms with van der Waals surface area (Å²) in [5.41, 5.74) is 2.23. The Morgan fingerprint density at radius 3 is 2.69 bits per heavy atom. The summed E-state index contributed by atoms with van der Waals surface area (Å²) in [5.74, 6) is 2.29. The highest BCUT2D eigenvalue weighted by Gasteiger charge is 2.45. The van der Waals surface area contributed by atoms with Crippen LogP contribution in [0.2, 0.25) is 5.02 Å². The lowest BCUT2D eigenvalue weighted by molar-refractivity contribution is -0.121. The van der Waals surface area contributed by atoms with E-state index in [0.717, 1.165) is 30.5 Å². The summed E-state index contributed by atoms with van der Waals surface area (Å²) in [6.07, 6.45) is 3.02. The maximum atomic E-state index is 12.6. The summed E-state index contributed by atoms with van der Waals surface area (Å²) in [4.78, 5) is 19.1. The fraction of sp³-hybridized carbons (Fsp3) is 0.375. The molecule has 0 N–H and O–H groups in total. The molecule has 2 atom stereocenters. The van der Waals surface area contributed by atoms with Gasteiger partial charge in [-0.15, -0.1) is 0 Å². The smallest absolute Gasteiger partial charge is 0.262 e. The molecule has 1 aliphatic heterocycles. The van der Waals surface area contributed by atoms with E-state index >= 15 is 0 Å². The molecule has 32 heavy (non-hydrogen) atoms. The van der Waals surface area contributed by atoms with Gasteiger partial charge < -0.3 is 18.9 Å². The molecule has 1 saturated heterocycles. The van der Waals surface area contributed by atoms with Crippen LogP contribution in [0.25, 0.3) is 22.8 Å². The minimum atomic E-state index is 0.0246. The van der Waals surface area contributed by atoms with Gasteiger partial charge in [0.05, 0.1) is 23.8 Å². The first-order valence-corrected chi connectivity index (χ1v) is 11.1. The van der Waals surface area contributed by atoms with Crippen LogP contribution < -0.4 is 14.4 Å². The zero-order valence-corrected chi connectivity index (χ0v) is 18.9. The monoisotopic (exact) mass is 453 g/mol. The number of piperidine rings is 1. The molecule has 2 aromatic carbocycles. The van der Waals surface area contributed by atoms with E-state index < -0.39 is 0 Å². The van der Waals surface area contributed by atoms with Crippen LogP contribution >= 0.6 is 11.6 Å². The number of anilines is 1. The Balaban J connectivity index is 1.43. The van der Waals surface area contributed by atoms with Crippen LogP contribution in [0.15, 0.2) is 40.9 Å². The van der Waals surface area contributed by atoms with Gasteiger partial charge in [0.1, 0.15) is 11.5 Å². The number of ether oxygens (including phenoxy) is 2. The fourth-order valence-corrected chi connectivity index (χ4v) is 4.80. The van der Waals surface area contributed by atoms with Crippen LogP contribution in [0.3, 0.4) is 0 Å². The van der Waals surface area contributed by atoms with E-state index in [0.29, 0.717) is 33.8 Å². The Morgan fingerprint density at radius 1 is 1.16 bits per heavy atom. The third-order valence-electron chi connectivity index (χ3n) is 6.03. The number of carbonyl (C=O) groups excluding carboxylic acids is 1. The van der Waals surface area contributed by atoms with Crippen molar-refractivity contribution in [1.82, 2.24) is 10.1 Å². The quantitative estimate of drug-likeness (QED) is 0.499. The van der Waals surface area contributed by atoms with Crippen molar-refractivity contribution in [3.05, 3.63) is 41.4 Å². The van der Waals surface area contributed by atoms with E-state index in [1.807, 2.05) is 43.0 Å². The molecule has 8 heteroatoms. The summed E-state index contributed by atoms with van der Waals surface area (Å²) in [7, 11) is 1.59. The molecule has 2 heterocycles. The Bertz CT molecular complexity index is 1180. The first-order chi connectivity index (χ1) is 15.4. The van der Waals surface area contributed by atoms with Crippen molar-refractivity contribution in [1.29, 1.82) is 0 Å². The molecule has 2 fully saturated rings. The molecule has 5 rings (SSSR count). The minimum Gasteiger partial charge on any atom is -0.496 e. The molecule has 1 aromatic heterocycles. The lowest BCUT2D eigenvalue weighted by Gasteiger charge is -2.27. The van der Waals surface area contributed by atoms with Gasteiger partial charge >= 0.3 is 0 Å². The number of benzene rings is 2. The maximum absolute atomic E-state index is 12.6. The molecule has 0 spiro atoms. The third kappa shape index (κ3) is 3.60. The zero-order chi connectivity index (χ0) is 22.4. The van der Waals surface area contributed by atoms with Gasteiger partial charge in [-0.2, -0.15) is 4.98 Å². The van der Waals surface area contributed by atoms with Crippen molar-refractivity contribution < 1.29 is 18.8 Å². The zero-order valence-electron chi connectivity index (χ0n) is 18.2.